The van der Waals surface area contributed by atoms with Crippen LogP contribution in [0.1, 0.15) is 0 Å². The first-order valence-electron chi connectivity index (χ1n) is 8.93. The summed E-state index contributed by atoms with van der Waals surface area (Å²) in [6.45, 7) is 2.61. The molecule has 2 aromatic carbocycles. The van der Waals surface area contributed by atoms with Crippen LogP contribution < -0.4 is 20.3 Å². The minimum Gasteiger partial charge on any atom is -0.484 e. The minimum absolute atomic E-state index is 0.0499. The highest BCUT2D eigenvalue weighted by atomic mass is 32.1. The van der Waals surface area contributed by atoms with E-state index in [1.807, 2.05) is 24.3 Å². The molecule has 0 saturated carbocycles. The van der Waals surface area contributed by atoms with Crippen molar-refractivity contribution in [2.24, 2.45) is 0 Å². The number of ether oxygens (including phenoxy) is 2. The summed E-state index contributed by atoms with van der Waals surface area (Å²) in [7, 11) is 0. The molecule has 1 aliphatic heterocycles. The second-order valence-electron chi connectivity index (χ2n) is 6.16. The van der Waals surface area contributed by atoms with E-state index < -0.39 is 10.8 Å². The third kappa shape index (κ3) is 5.87. The van der Waals surface area contributed by atoms with Crippen molar-refractivity contribution in [3.8, 4) is 5.75 Å². The van der Waals surface area contributed by atoms with E-state index in [1.54, 1.807) is 0 Å². The zero-order chi connectivity index (χ0) is 20.6. The number of amides is 1. The van der Waals surface area contributed by atoms with Crippen molar-refractivity contribution < 1.29 is 19.2 Å². The predicted molar refractivity (Wildman–Crippen MR) is 112 cm³/mol. The van der Waals surface area contributed by atoms with Crippen LogP contribution in [0, 0.1) is 10.1 Å². The highest BCUT2D eigenvalue weighted by molar-refractivity contribution is 7.80. The van der Waals surface area contributed by atoms with Crippen LogP contribution in [0.3, 0.4) is 0 Å². The van der Waals surface area contributed by atoms with Crippen molar-refractivity contribution in [1.29, 1.82) is 0 Å². The Morgan fingerprint density at radius 3 is 2.55 bits per heavy atom. The summed E-state index contributed by atoms with van der Waals surface area (Å²) in [5.41, 5.74) is 1.72. The van der Waals surface area contributed by atoms with Gasteiger partial charge in [-0.2, -0.15) is 0 Å². The number of morpholine rings is 1. The SMILES string of the molecule is O=C(COc1ccc([N+](=O)[O-])cc1)NC(=S)Nc1ccccc1N1CCOCC1. The number of para-hydroxylation sites is 2. The summed E-state index contributed by atoms with van der Waals surface area (Å²) in [4.78, 5) is 24.4. The number of nitrogens with zero attached hydrogens (tertiary/aromatic N) is 2. The Hall–Kier alpha value is -3.24. The average molecular weight is 416 g/mol. The second-order valence-corrected chi connectivity index (χ2v) is 6.57. The van der Waals surface area contributed by atoms with Gasteiger partial charge in [-0.25, -0.2) is 0 Å². The van der Waals surface area contributed by atoms with Crippen LogP contribution in [0.15, 0.2) is 48.5 Å². The first-order valence-corrected chi connectivity index (χ1v) is 9.33. The third-order valence-electron chi connectivity index (χ3n) is 4.17. The van der Waals surface area contributed by atoms with E-state index in [-0.39, 0.29) is 17.4 Å². The molecule has 0 unspecified atom stereocenters. The molecule has 29 heavy (non-hydrogen) atoms. The molecule has 0 spiro atoms. The van der Waals surface area contributed by atoms with Crippen LogP contribution in [0.5, 0.6) is 5.75 Å². The molecule has 10 heteroatoms. The van der Waals surface area contributed by atoms with Crippen molar-refractivity contribution in [1.82, 2.24) is 5.32 Å². The fourth-order valence-electron chi connectivity index (χ4n) is 2.79. The molecule has 2 N–H and O–H groups in total. The summed E-state index contributed by atoms with van der Waals surface area (Å²) in [6.07, 6.45) is 0. The lowest BCUT2D eigenvalue weighted by atomic mass is 10.2. The van der Waals surface area contributed by atoms with Crippen LogP contribution in [-0.2, 0) is 9.53 Å². The van der Waals surface area contributed by atoms with Gasteiger partial charge >= 0.3 is 0 Å². The largest absolute Gasteiger partial charge is 0.484 e. The summed E-state index contributed by atoms with van der Waals surface area (Å²) in [5, 5.41) is 16.4. The first kappa shape index (κ1) is 20.5. The number of carbonyl (C=O) groups is 1. The Kier molecular flexibility index (Phi) is 6.93. The number of nitrogens with one attached hydrogen (secondary N) is 2. The molecule has 0 aliphatic carbocycles. The van der Waals surface area contributed by atoms with Gasteiger partial charge in [0.1, 0.15) is 5.75 Å². The number of nitro groups is 1. The van der Waals surface area contributed by atoms with Gasteiger partial charge in [-0.05, 0) is 36.5 Å². The van der Waals surface area contributed by atoms with Crippen LogP contribution in [-0.4, -0.2) is 48.9 Å². The maximum atomic E-state index is 12.1. The van der Waals surface area contributed by atoms with Crippen molar-refractivity contribution >= 4 is 40.3 Å². The number of hydrogen-bond donors (Lipinski definition) is 2. The third-order valence-corrected chi connectivity index (χ3v) is 4.38. The molecule has 0 atom stereocenters. The molecule has 1 amide bonds. The maximum Gasteiger partial charge on any atom is 0.269 e. The summed E-state index contributed by atoms with van der Waals surface area (Å²) in [6, 6.07) is 13.2. The molecular weight excluding hydrogens is 396 g/mol. The molecule has 1 aliphatic rings. The number of non-ortho nitro benzene ring substituents is 1. The number of carbonyl (C=O) groups excluding carboxylic acids is 1. The van der Waals surface area contributed by atoms with Gasteiger partial charge in [-0.15, -0.1) is 0 Å². The van der Waals surface area contributed by atoms with Gasteiger partial charge in [0.25, 0.3) is 11.6 Å². The Balaban J connectivity index is 1.51. The van der Waals surface area contributed by atoms with Gasteiger partial charge in [0, 0.05) is 25.2 Å². The molecule has 9 nitrogen and oxygen atoms in total. The quantitative estimate of drug-likeness (QED) is 0.420. The standard InChI is InChI=1S/C19H20N4O5S/c24-18(13-28-15-7-5-14(6-8-15)23(25)26)21-19(29)20-16-3-1-2-4-17(16)22-9-11-27-12-10-22/h1-8H,9-13H2,(H2,20,21,24,29). The lowest BCUT2D eigenvalue weighted by Gasteiger charge is -2.30. The molecule has 1 saturated heterocycles. The van der Waals surface area contributed by atoms with Gasteiger partial charge in [-0.3, -0.25) is 20.2 Å². The summed E-state index contributed by atoms with van der Waals surface area (Å²) < 4.78 is 10.7. The molecule has 0 bridgehead atoms. The fourth-order valence-corrected chi connectivity index (χ4v) is 3.01. The number of thiocarbonyl (C=S) groups is 1. The van der Waals surface area contributed by atoms with E-state index in [9.17, 15) is 14.9 Å². The Morgan fingerprint density at radius 1 is 1.17 bits per heavy atom. The molecule has 1 heterocycles. The van der Waals surface area contributed by atoms with Gasteiger partial charge in [0.15, 0.2) is 11.7 Å². The van der Waals surface area contributed by atoms with E-state index in [2.05, 4.69) is 15.5 Å². The van der Waals surface area contributed by atoms with E-state index in [0.29, 0.717) is 19.0 Å². The second kappa shape index (κ2) is 9.80. The summed E-state index contributed by atoms with van der Waals surface area (Å²) >= 11 is 5.23. The van der Waals surface area contributed by atoms with Crippen molar-refractivity contribution in [2.45, 2.75) is 0 Å². The van der Waals surface area contributed by atoms with E-state index >= 15 is 0 Å². The molecule has 2 aromatic rings. The molecule has 3 rings (SSSR count). The Bertz CT molecular complexity index is 884. The van der Waals surface area contributed by atoms with Gasteiger partial charge < -0.3 is 19.7 Å². The monoisotopic (exact) mass is 416 g/mol. The Labute approximate surface area is 172 Å². The lowest BCUT2D eigenvalue weighted by molar-refractivity contribution is -0.384. The minimum atomic E-state index is -0.505. The number of nitro benzene ring substituents is 1. The topological polar surface area (TPSA) is 106 Å². The number of anilines is 2. The molecule has 152 valence electrons. The van der Waals surface area contributed by atoms with Crippen LogP contribution in [0.4, 0.5) is 17.1 Å². The Morgan fingerprint density at radius 2 is 1.86 bits per heavy atom. The van der Waals surface area contributed by atoms with Crippen molar-refractivity contribution in [2.75, 3.05) is 43.1 Å². The van der Waals surface area contributed by atoms with E-state index in [1.165, 1.54) is 24.3 Å². The van der Waals surface area contributed by atoms with Gasteiger partial charge in [0.05, 0.1) is 29.5 Å². The highest BCUT2D eigenvalue weighted by Crippen LogP contribution is 2.26. The van der Waals surface area contributed by atoms with Gasteiger partial charge in [0.2, 0.25) is 0 Å². The first-order chi connectivity index (χ1) is 14.0. The highest BCUT2D eigenvalue weighted by Gasteiger charge is 2.15. The molecule has 0 aromatic heterocycles. The summed E-state index contributed by atoms with van der Waals surface area (Å²) in [5.74, 6) is -0.0907. The van der Waals surface area contributed by atoms with Crippen molar-refractivity contribution in [3.05, 3.63) is 58.6 Å². The molecule has 1 fully saturated rings. The molecular formula is C19H20N4O5S. The zero-order valence-corrected chi connectivity index (χ0v) is 16.3. The van der Waals surface area contributed by atoms with Crippen LogP contribution in [0.2, 0.25) is 0 Å². The predicted octanol–water partition coefficient (Wildman–Crippen LogP) is 2.32. The average Bonchev–Trinajstić information content (AvgIpc) is 2.73. The van der Waals surface area contributed by atoms with E-state index in [0.717, 1.165) is 24.5 Å². The fraction of sp³-hybridized carbons (Fsp3) is 0.263. The zero-order valence-electron chi connectivity index (χ0n) is 15.5. The number of rotatable bonds is 6. The van der Waals surface area contributed by atoms with Crippen LogP contribution in [0.25, 0.3) is 0 Å². The van der Waals surface area contributed by atoms with E-state index in [4.69, 9.17) is 21.7 Å². The normalized spacial score (nSPS) is 13.4. The molecule has 0 radical (unpaired) electrons. The van der Waals surface area contributed by atoms with Crippen molar-refractivity contribution in [3.63, 3.8) is 0 Å². The lowest BCUT2D eigenvalue weighted by Crippen LogP contribution is -2.39. The van der Waals surface area contributed by atoms with Gasteiger partial charge in [-0.1, -0.05) is 12.1 Å². The number of hydrogen-bond acceptors (Lipinski definition) is 7. The smallest absolute Gasteiger partial charge is 0.269 e. The van der Waals surface area contributed by atoms with Crippen LogP contribution >= 0.6 is 12.2 Å². The maximum absolute atomic E-state index is 12.1. The number of benzene rings is 2.